The number of methoxy groups -OCH3 is 1. The maximum absolute atomic E-state index is 9.71. The Morgan fingerprint density at radius 2 is 2.22 bits per heavy atom. The summed E-state index contributed by atoms with van der Waals surface area (Å²) in [6.45, 7) is 2.67. The molecule has 0 fully saturated rings. The molecule has 1 atom stereocenters. The van der Waals surface area contributed by atoms with Gasteiger partial charge in [0, 0.05) is 32.0 Å². The number of nitrogens with zero attached hydrogens (tertiary/aromatic N) is 1. The number of hydrogen-bond acceptors (Lipinski definition) is 4. The molecule has 0 aliphatic heterocycles. The second kappa shape index (κ2) is 6.37. The highest BCUT2D eigenvalue weighted by atomic mass is 16.5. The smallest absolute Gasteiger partial charge is 0.124 e. The third kappa shape index (κ3) is 3.72. The number of likely N-dealkylation sites (N-methyl/N-ethyl adjacent to an activating group) is 1. The molecular formula is C13H21N3O2. The lowest BCUT2D eigenvalue weighted by atomic mass is 10.1. The van der Waals surface area contributed by atoms with Crippen molar-refractivity contribution in [1.82, 2.24) is 0 Å². The number of ether oxygens (including phenoxy) is 1. The van der Waals surface area contributed by atoms with Crippen LogP contribution in [-0.4, -0.2) is 44.4 Å². The van der Waals surface area contributed by atoms with Gasteiger partial charge in [-0.1, -0.05) is 11.6 Å². The van der Waals surface area contributed by atoms with Gasteiger partial charge in [0.05, 0.1) is 12.7 Å². The van der Waals surface area contributed by atoms with E-state index in [2.05, 4.69) is 0 Å². The molecule has 0 aromatic heterocycles. The highest BCUT2D eigenvalue weighted by Crippen LogP contribution is 2.20. The van der Waals surface area contributed by atoms with Gasteiger partial charge in [-0.05, 0) is 19.1 Å². The topological polar surface area (TPSA) is 82.6 Å². The lowest BCUT2D eigenvalue weighted by Crippen LogP contribution is -2.33. The molecule has 0 aliphatic carbocycles. The van der Waals surface area contributed by atoms with Crippen LogP contribution >= 0.6 is 0 Å². The Hall–Kier alpha value is -1.59. The van der Waals surface area contributed by atoms with E-state index in [0.717, 1.165) is 11.3 Å². The van der Waals surface area contributed by atoms with Crippen LogP contribution in [0.4, 0.5) is 5.69 Å². The summed E-state index contributed by atoms with van der Waals surface area (Å²) in [6, 6.07) is 5.74. The Morgan fingerprint density at radius 3 is 2.78 bits per heavy atom. The van der Waals surface area contributed by atoms with Crippen LogP contribution in [0.2, 0.25) is 0 Å². The number of rotatable bonds is 6. The molecule has 1 unspecified atom stereocenters. The Labute approximate surface area is 108 Å². The summed E-state index contributed by atoms with van der Waals surface area (Å²) in [4.78, 5) is 1.87. The third-order valence-corrected chi connectivity index (χ3v) is 2.70. The Balaban J connectivity index is 2.91. The third-order valence-electron chi connectivity index (χ3n) is 2.70. The van der Waals surface area contributed by atoms with Crippen molar-refractivity contribution >= 4 is 11.5 Å². The molecule has 1 aromatic carbocycles. The Kier molecular flexibility index (Phi) is 5.12. The maximum atomic E-state index is 9.71. The van der Waals surface area contributed by atoms with Crippen molar-refractivity contribution in [2.45, 2.75) is 13.0 Å². The summed E-state index contributed by atoms with van der Waals surface area (Å²) in [6.07, 6.45) is -0.568. The minimum Gasteiger partial charge on any atom is -0.389 e. The van der Waals surface area contributed by atoms with Crippen LogP contribution in [0.5, 0.6) is 0 Å². The molecule has 0 saturated heterocycles. The SMILES string of the molecule is COCC(O)CN(C)c1ccc(C)cc1C(=N)N. The predicted octanol–water partition coefficient (Wildman–Crippen LogP) is 0.723. The van der Waals surface area contributed by atoms with Crippen LogP contribution in [0.1, 0.15) is 11.1 Å². The average molecular weight is 251 g/mol. The van der Waals surface area contributed by atoms with Crippen molar-refractivity contribution in [3.05, 3.63) is 29.3 Å². The monoisotopic (exact) mass is 251 g/mol. The number of nitrogen functional groups attached to an aromatic ring is 1. The lowest BCUT2D eigenvalue weighted by molar-refractivity contribution is 0.0695. The zero-order valence-electron chi connectivity index (χ0n) is 11.1. The first-order valence-electron chi connectivity index (χ1n) is 5.79. The van der Waals surface area contributed by atoms with Crippen molar-refractivity contribution < 1.29 is 9.84 Å². The summed E-state index contributed by atoms with van der Waals surface area (Å²) in [5.41, 5.74) is 8.15. The summed E-state index contributed by atoms with van der Waals surface area (Å²) in [5.74, 6) is 0.0294. The van der Waals surface area contributed by atoms with E-state index in [9.17, 15) is 5.11 Å². The average Bonchev–Trinajstić information content (AvgIpc) is 2.28. The fourth-order valence-electron chi connectivity index (χ4n) is 1.86. The number of anilines is 1. The number of aliphatic hydroxyl groups is 1. The highest BCUT2D eigenvalue weighted by Gasteiger charge is 2.13. The van der Waals surface area contributed by atoms with Crippen molar-refractivity contribution in [3.8, 4) is 0 Å². The zero-order valence-corrected chi connectivity index (χ0v) is 11.1. The van der Waals surface area contributed by atoms with Crippen molar-refractivity contribution in [1.29, 1.82) is 5.41 Å². The Bertz CT molecular complexity index is 421. The van der Waals surface area contributed by atoms with Crippen LogP contribution in [0.3, 0.4) is 0 Å². The normalized spacial score (nSPS) is 12.2. The molecule has 0 saturated carbocycles. The molecule has 1 aromatic rings. The number of amidine groups is 1. The maximum Gasteiger partial charge on any atom is 0.124 e. The van der Waals surface area contributed by atoms with Gasteiger partial charge in [0.2, 0.25) is 0 Å². The van der Waals surface area contributed by atoms with E-state index < -0.39 is 6.10 Å². The molecule has 0 spiro atoms. The van der Waals surface area contributed by atoms with Gasteiger partial charge in [0.1, 0.15) is 5.84 Å². The van der Waals surface area contributed by atoms with E-state index in [4.69, 9.17) is 15.9 Å². The van der Waals surface area contributed by atoms with E-state index in [0.29, 0.717) is 12.1 Å². The zero-order chi connectivity index (χ0) is 13.7. The number of aryl methyl sites for hydroxylation is 1. The molecule has 100 valence electrons. The summed E-state index contributed by atoms with van der Waals surface area (Å²) in [5, 5.41) is 17.3. The molecule has 1 rings (SSSR count). The second-order valence-electron chi connectivity index (χ2n) is 4.42. The van der Waals surface area contributed by atoms with Gasteiger partial charge in [-0.25, -0.2) is 0 Å². The standard InChI is InChI=1S/C13H21N3O2/c1-9-4-5-12(11(6-9)13(14)15)16(2)7-10(17)8-18-3/h4-6,10,17H,7-8H2,1-3H3,(H3,14,15). The van der Waals surface area contributed by atoms with Gasteiger partial charge >= 0.3 is 0 Å². The number of benzene rings is 1. The molecule has 18 heavy (non-hydrogen) atoms. The molecule has 0 amide bonds. The molecule has 5 heteroatoms. The van der Waals surface area contributed by atoms with Gasteiger partial charge in [-0.15, -0.1) is 0 Å². The van der Waals surface area contributed by atoms with E-state index in [1.165, 1.54) is 0 Å². The minimum absolute atomic E-state index is 0.0294. The van der Waals surface area contributed by atoms with Crippen molar-refractivity contribution in [2.24, 2.45) is 5.73 Å². The first-order valence-corrected chi connectivity index (χ1v) is 5.79. The van der Waals surface area contributed by atoms with Gasteiger partial charge in [0.15, 0.2) is 0 Å². The predicted molar refractivity (Wildman–Crippen MR) is 73.3 cm³/mol. The molecule has 5 nitrogen and oxygen atoms in total. The van der Waals surface area contributed by atoms with E-state index in [1.807, 2.05) is 37.1 Å². The first-order chi connectivity index (χ1) is 8.45. The quantitative estimate of drug-likeness (QED) is 0.514. The van der Waals surface area contributed by atoms with Crippen LogP contribution in [0.15, 0.2) is 18.2 Å². The largest absolute Gasteiger partial charge is 0.389 e. The second-order valence-corrected chi connectivity index (χ2v) is 4.42. The minimum atomic E-state index is -0.568. The molecular weight excluding hydrogens is 230 g/mol. The van der Waals surface area contributed by atoms with E-state index >= 15 is 0 Å². The van der Waals surface area contributed by atoms with E-state index in [1.54, 1.807) is 7.11 Å². The molecule has 0 aliphatic rings. The Morgan fingerprint density at radius 1 is 1.56 bits per heavy atom. The number of nitrogens with one attached hydrogen (secondary N) is 1. The summed E-state index contributed by atoms with van der Waals surface area (Å²) >= 11 is 0. The summed E-state index contributed by atoms with van der Waals surface area (Å²) < 4.78 is 4.89. The number of nitrogens with two attached hydrogens (primary N) is 1. The molecule has 0 heterocycles. The number of aliphatic hydroxyl groups excluding tert-OH is 1. The fraction of sp³-hybridized carbons (Fsp3) is 0.462. The summed E-state index contributed by atoms with van der Waals surface area (Å²) in [7, 11) is 3.41. The van der Waals surface area contributed by atoms with E-state index in [-0.39, 0.29) is 12.4 Å². The lowest BCUT2D eigenvalue weighted by Gasteiger charge is -2.24. The van der Waals surface area contributed by atoms with Crippen LogP contribution < -0.4 is 10.6 Å². The van der Waals surface area contributed by atoms with Gasteiger partial charge in [-0.2, -0.15) is 0 Å². The van der Waals surface area contributed by atoms with Crippen LogP contribution in [0.25, 0.3) is 0 Å². The van der Waals surface area contributed by atoms with Crippen molar-refractivity contribution in [3.63, 3.8) is 0 Å². The van der Waals surface area contributed by atoms with Crippen LogP contribution in [0, 0.1) is 12.3 Å². The molecule has 0 radical (unpaired) electrons. The van der Waals surface area contributed by atoms with Gasteiger partial charge < -0.3 is 20.5 Å². The fourth-order valence-corrected chi connectivity index (χ4v) is 1.86. The molecule has 4 N–H and O–H groups in total. The molecule has 0 bridgehead atoms. The van der Waals surface area contributed by atoms with Gasteiger partial charge in [-0.3, -0.25) is 5.41 Å². The number of hydrogen-bond donors (Lipinski definition) is 3. The van der Waals surface area contributed by atoms with Crippen LogP contribution in [-0.2, 0) is 4.74 Å². The van der Waals surface area contributed by atoms with Gasteiger partial charge in [0.25, 0.3) is 0 Å². The first kappa shape index (κ1) is 14.5. The highest BCUT2D eigenvalue weighted by molar-refractivity contribution is 6.00. The van der Waals surface area contributed by atoms with Crippen molar-refractivity contribution in [2.75, 3.05) is 32.2 Å².